The number of rotatable bonds is 4. The van der Waals surface area contributed by atoms with Gasteiger partial charge in [-0.25, -0.2) is 9.78 Å². The van der Waals surface area contributed by atoms with Crippen LogP contribution in [0.15, 0.2) is 35.2 Å². The van der Waals surface area contributed by atoms with Crippen LogP contribution < -0.4 is 10.6 Å². The molecule has 1 atom stereocenters. The average molecular weight is 277 g/mol. The maximum atomic E-state index is 11.6. The smallest absolute Gasteiger partial charge is 0.319 e. The highest BCUT2D eigenvalue weighted by Gasteiger charge is 2.04. The molecule has 0 spiro atoms. The molecule has 1 aromatic heterocycles. The molecule has 0 bridgehead atoms. The highest BCUT2D eigenvalue weighted by Crippen LogP contribution is 2.15. The van der Waals surface area contributed by atoms with E-state index in [2.05, 4.69) is 15.6 Å². The molecule has 19 heavy (non-hydrogen) atoms. The zero-order chi connectivity index (χ0) is 13.7. The van der Waals surface area contributed by atoms with E-state index in [1.54, 1.807) is 36.7 Å². The van der Waals surface area contributed by atoms with Gasteiger partial charge in [0.2, 0.25) is 0 Å². The molecule has 6 heteroatoms. The van der Waals surface area contributed by atoms with E-state index in [1.807, 2.05) is 5.38 Å². The van der Waals surface area contributed by atoms with E-state index in [9.17, 15) is 9.90 Å². The predicted molar refractivity (Wildman–Crippen MR) is 75.0 cm³/mol. The Balaban J connectivity index is 1.84. The first-order valence-electron chi connectivity index (χ1n) is 5.85. The van der Waals surface area contributed by atoms with Crippen molar-refractivity contribution in [2.24, 2.45) is 0 Å². The molecule has 0 saturated carbocycles. The molecule has 100 valence electrons. The molecule has 0 radical (unpaired) electrons. The monoisotopic (exact) mass is 277 g/mol. The van der Waals surface area contributed by atoms with Crippen molar-refractivity contribution >= 4 is 23.1 Å². The number of amides is 2. The minimum atomic E-state index is -0.507. The first-order chi connectivity index (χ1) is 9.15. The molecule has 1 unspecified atom stereocenters. The lowest BCUT2D eigenvalue weighted by atomic mass is 10.1. The van der Waals surface area contributed by atoms with Gasteiger partial charge >= 0.3 is 6.03 Å². The van der Waals surface area contributed by atoms with Crippen LogP contribution >= 0.6 is 11.3 Å². The fourth-order valence-corrected chi connectivity index (χ4v) is 2.07. The SMILES string of the molecule is CC(O)c1ccc(NC(=O)NCc2cscn2)cc1. The maximum Gasteiger partial charge on any atom is 0.319 e. The number of carbonyl (C=O) groups is 1. The number of anilines is 1. The lowest BCUT2D eigenvalue weighted by Gasteiger charge is -2.08. The molecule has 1 heterocycles. The van der Waals surface area contributed by atoms with Gasteiger partial charge in [-0.15, -0.1) is 11.3 Å². The summed E-state index contributed by atoms with van der Waals surface area (Å²) in [7, 11) is 0. The number of aromatic nitrogens is 1. The van der Waals surface area contributed by atoms with Gasteiger partial charge in [-0.1, -0.05) is 12.1 Å². The summed E-state index contributed by atoms with van der Waals surface area (Å²) < 4.78 is 0. The van der Waals surface area contributed by atoms with Gasteiger partial charge < -0.3 is 15.7 Å². The zero-order valence-electron chi connectivity index (χ0n) is 10.5. The van der Waals surface area contributed by atoms with E-state index >= 15 is 0 Å². The number of urea groups is 1. The van der Waals surface area contributed by atoms with E-state index < -0.39 is 6.10 Å². The third kappa shape index (κ3) is 4.04. The second-order valence-electron chi connectivity index (χ2n) is 4.09. The maximum absolute atomic E-state index is 11.6. The van der Waals surface area contributed by atoms with Crippen molar-refractivity contribution in [2.45, 2.75) is 19.6 Å². The summed E-state index contributed by atoms with van der Waals surface area (Å²) in [4.78, 5) is 15.7. The largest absolute Gasteiger partial charge is 0.389 e. The van der Waals surface area contributed by atoms with Crippen LogP contribution in [0.3, 0.4) is 0 Å². The fourth-order valence-electron chi connectivity index (χ4n) is 1.52. The standard InChI is InChI=1S/C13H15N3O2S/c1-9(17)10-2-4-11(5-3-10)16-13(18)14-6-12-7-19-8-15-12/h2-5,7-9,17H,6H2,1H3,(H2,14,16,18). The highest BCUT2D eigenvalue weighted by atomic mass is 32.1. The normalized spacial score (nSPS) is 11.9. The Hall–Kier alpha value is -1.92. The highest BCUT2D eigenvalue weighted by molar-refractivity contribution is 7.07. The Kier molecular flexibility index (Phi) is 4.48. The topological polar surface area (TPSA) is 74.2 Å². The van der Waals surface area contributed by atoms with Gasteiger partial charge in [-0.05, 0) is 24.6 Å². The van der Waals surface area contributed by atoms with Crippen molar-refractivity contribution in [2.75, 3.05) is 5.32 Å². The van der Waals surface area contributed by atoms with Gasteiger partial charge in [0.25, 0.3) is 0 Å². The first kappa shape index (κ1) is 13.5. The Morgan fingerprint density at radius 1 is 1.42 bits per heavy atom. The van der Waals surface area contributed by atoms with Crippen molar-refractivity contribution in [3.8, 4) is 0 Å². The summed E-state index contributed by atoms with van der Waals surface area (Å²) in [6.45, 7) is 2.10. The van der Waals surface area contributed by atoms with E-state index in [0.29, 0.717) is 12.2 Å². The number of nitrogens with one attached hydrogen (secondary N) is 2. The van der Waals surface area contributed by atoms with Crippen LogP contribution in [-0.2, 0) is 6.54 Å². The van der Waals surface area contributed by atoms with Crippen molar-refractivity contribution < 1.29 is 9.90 Å². The molecule has 0 aliphatic heterocycles. The Morgan fingerprint density at radius 2 is 2.16 bits per heavy atom. The molecular weight excluding hydrogens is 262 g/mol. The minimum absolute atomic E-state index is 0.280. The molecule has 0 aliphatic rings. The zero-order valence-corrected chi connectivity index (χ0v) is 11.3. The molecule has 2 amide bonds. The molecular formula is C13H15N3O2S. The number of nitrogens with zero attached hydrogens (tertiary/aromatic N) is 1. The van der Waals surface area contributed by atoms with Crippen LogP contribution in [0, 0.1) is 0 Å². The number of hydrogen-bond donors (Lipinski definition) is 3. The van der Waals surface area contributed by atoms with Crippen molar-refractivity contribution in [1.29, 1.82) is 0 Å². The molecule has 0 aliphatic carbocycles. The van der Waals surface area contributed by atoms with Crippen LogP contribution in [0.5, 0.6) is 0 Å². The number of carbonyl (C=O) groups excluding carboxylic acids is 1. The van der Waals surface area contributed by atoms with Crippen LogP contribution in [0.1, 0.15) is 24.3 Å². The average Bonchev–Trinajstić information content (AvgIpc) is 2.90. The summed E-state index contributed by atoms with van der Waals surface area (Å²) in [6, 6.07) is 6.79. The van der Waals surface area contributed by atoms with E-state index in [0.717, 1.165) is 11.3 Å². The summed E-state index contributed by atoms with van der Waals surface area (Å²) in [5, 5.41) is 16.7. The van der Waals surface area contributed by atoms with Gasteiger partial charge in [0.15, 0.2) is 0 Å². The third-order valence-electron chi connectivity index (χ3n) is 2.56. The summed E-state index contributed by atoms with van der Waals surface area (Å²) in [6.07, 6.45) is -0.507. The second-order valence-corrected chi connectivity index (χ2v) is 4.80. The fraction of sp³-hybridized carbons (Fsp3) is 0.231. The molecule has 2 rings (SSSR count). The van der Waals surface area contributed by atoms with Crippen molar-refractivity contribution in [3.05, 3.63) is 46.4 Å². The van der Waals surface area contributed by atoms with Crippen LogP contribution in [0.2, 0.25) is 0 Å². The number of thiazole rings is 1. The number of benzene rings is 1. The van der Waals surface area contributed by atoms with Crippen molar-refractivity contribution in [1.82, 2.24) is 10.3 Å². The Bertz CT molecular complexity index is 523. The van der Waals surface area contributed by atoms with Crippen LogP contribution in [0.4, 0.5) is 10.5 Å². The Labute approximate surface area is 115 Å². The Morgan fingerprint density at radius 3 is 2.74 bits per heavy atom. The second kappa shape index (κ2) is 6.31. The first-order valence-corrected chi connectivity index (χ1v) is 6.79. The quantitative estimate of drug-likeness (QED) is 0.804. The summed E-state index contributed by atoms with van der Waals surface area (Å²) in [5.41, 5.74) is 4.06. The van der Waals surface area contributed by atoms with Crippen LogP contribution in [0.25, 0.3) is 0 Å². The minimum Gasteiger partial charge on any atom is -0.389 e. The lowest BCUT2D eigenvalue weighted by Crippen LogP contribution is -2.28. The third-order valence-corrected chi connectivity index (χ3v) is 3.20. The molecule has 0 saturated heterocycles. The van der Waals surface area contributed by atoms with Gasteiger partial charge in [-0.3, -0.25) is 0 Å². The summed E-state index contributed by atoms with van der Waals surface area (Å²) in [5.74, 6) is 0. The van der Waals surface area contributed by atoms with E-state index in [4.69, 9.17) is 0 Å². The number of aliphatic hydroxyl groups excluding tert-OH is 1. The molecule has 0 fully saturated rings. The lowest BCUT2D eigenvalue weighted by molar-refractivity contribution is 0.199. The van der Waals surface area contributed by atoms with Gasteiger partial charge in [0.1, 0.15) is 0 Å². The summed E-state index contributed by atoms with van der Waals surface area (Å²) >= 11 is 1.49. The van der Waals surface area contributed by atoms with Crippen LogP contribution in [-0.4, -0.2) is 16.1 Å². The van der Waals surface area contributed by atoms with Gasteiger partial charge in [0.05, 0.1) is 23.9 Å². The van der Waals surface area contributed by atoms with Gasteiger partial charge in [0, 0.05) is 11.1 Å². The molecule has 2 aromatic rings. The van der Waals surface area contributed by atoms with Crippen molar-refractivity contribution in [3.63, 3.8) is 0 Å². The van der Waals surface area contributed by atoms with Gasteiger partial charge in [-0.2, -0.15) is 0 Å². The number of aliphatic hydroxyl groups is 1. The molecule has 3 N–H and O–H groups in total. The van der Waals surface area contributed by atoms with E-state index in [1.165, 1.54) is 11.3 Å². The number of hydrogen-bond acceptors (Lipinski definition) is 4. The molecule has 5 nitrogen and oxygen atoms in total. The predicted octanol–water partition coefficient (Wildman–Crippen LogP) is 2.52. The molecule has 1 aromatic carbocycles. The van der Waals surface area contributed by atoms with E-state index in [-0.39, 0.29) is 6.03 Å².